The van der Waals surface area contributed by atoms with E-state index in [9.17, 15) is 14.4 Å². The molecule has 2 N–H and O–H groups in total. The number of ether oxygens (including phenoxy) is 1. The van der Waals surface area contributed by atoms with Crippen LogP contribution in [0.1, 0.15) is 27.7 Å². The number of halogens is 1. The molecule has 0 spiro atoms. The Balaban J connectivity index is 1.87. The second-order valence-corrected chi connectivity index (χ2v) is 8.48. The molecule has 0 fully saturated rings. The Bertz CT molecular complexity index is 1180. The number of rotatable bonds is 4. The van der Waals surface area contributed by atoms with Gasteiger partial charge in [0, 0.05) is 23.1 Å². The minimum atomic E-state index is -1.02. The van der Waals surface area contributed by atoms with Crippen LogP contribution in [0.2, 0.25) is 5.02 Å². The molecule has 8 heteroatoms. The van der Waals surface area contributed by atoms with E-state index in [0.717, 1.165) is 5.56 Å². The van der Waals surface area contributed by atoms with Crippen molar-refractivity contribution in [3.8, 4) is 16.9 Å². The van der Waals surface area contributed by atoms with Gasteiger partial charge < -0.3 is 14.5 Å². The lowest BCUT2D eigenvalue weighted by molar-refractivity contribution is -0.126. The van der Waals surface area contributed by atoms with Crippen LogP contribution in [0.3, 0.4) is 0 Å². The van der Waals surface area contributed by atoms with Crippen molar-refractivity contribution in [3.63, 3.8) is 0 Å². The second-order valence-electron chi connectivity index (χ2n) is 8.08. The zero-order valence-electron chi connectivity index (χ0n) is 17.6. The van der Waals surface area contributed by atoms with Crippen LogP contribution in [-0.4, -0.2) is 23.6 Å². The molecule has 0 aliphatic carbocycles. The first kappa shape index (κ1) is 22.4. The molecular formula is C23H23ClN2O5. The fourth-order valence-electron chi connectivity index (χ4n) is 2.94. The molecule has 0 saturated heterocycles. The van der Waals surface area contributed by atoms with Crippen molar-refractivity contribution in [1.82, 2.24) is 10.6 Å². The van der Waals surface area contributed by atoms with Gasteiger partial charge in [0.2, 0.25) is 0 Å². The van der Waals surface area contributed by atoms with Crippen molar-refractivity contribution in [2.75, 3.05) is 0 Å². The van der Waals surface area contributed by atoms with Crippen molar-refractivity contribution >= 4 is 34.5 Å². The Morgan fingerprint density at radius 3 is 2.42 bits per heavy atom. The molecule has 0 radical (unpaired) electrons. The molecule has 1 aromatic heterocycles. The first-order valence-electron chi connectivity index (χ1n) is 9.66. The number of carbonyl (C=O) groups is 2. The first-order valence-corrected chi connectivity index (χ1v) is 10.0. The van der Waals surface area contributed by atoms with Crippen molar-refractivity contribution in [3.05, 3.63) is 64.0 Å². The van der Waals surface area contributed by atoms with E-state index >= 15 is 0 Å². The number of fused-ring (bicyclic) bond motifs is 1. The molecule has 3 rings (SSSR count). The molecule has 3 aromatic rings. The number of nitrogens with one attached hydrogen (secondary N) is 2. The lowest BCUT2D eigenvalue weighted by atomic mass is 10.0. The zero-order valence-corrected chi connectivity index (χ0v) is 18.4. The summed E-state index contributed by atoms with van der Waals surface area (Å²) in [4.78, 5) is 36.3. The van der Waals surface area contributed by atoms with Crippen molar-refractivity contribution < 1.29 is 18.7 Å². The highest BCUT2D eigenvalue weighted by Crippen LogP contribution is 2.35. The number of urea groups is 1. The molecule has 1 atom stereocenters. The summed E-state index contributed by atoms with van der Waals surface area (Å²) in [6.07, 6.45) is -1.02. The third-order valence-electron chi connectivity index (χ3n) is 4.28. The lowest BCUT2D eigenvalue weighted by Gasteiger charge is -2.21. The van der Waals surface area contributed by atoms with Gasteiger partial charge in [0.1, 0.15) is 11.3 Å². The summed E-state index contributed by atoms with van der Waals surface area (Å²) in [7, 11) is 0. The highest BCUT2D eigenvalue weighted by molar-refractivity contribution is 6.33. The Morgan fingerprint density at radius 2 is 1.77 bits per heavy atom. The van der Waals surface area contributed by atoms with Gasteiger partial charge in [0.25, 0.3) is 5.91 Å². The highest BCUT2D eigenvalue weighted by atomic mass is 35.5. The van der Waals surface area contributed by atoms with Gasteiger partial charge in [-0.2, -0.15) is 0 Å². The van der Waals surface area contributed by atoms with E-state index in [1.807, 2.05) is 30.3 Å². The summed E-state index contributed by atoms with van der Waals surface area (Å²) in [6, 6.07) is 13.2. The molecule has 162 valence electrons. The molecule has 2 aromatic carbocycles. The number of hydrogen-bond acceptors (Lipinski definition) is 5. The number of hydrogen-bond donors (Lipinski definition) is 2. The SMILES string of the molecule is CC(Oc1cc2oc(=O)cc(-c3ccccc3)c2cc1Cl)C(=O)NC(=O)NC(C)(C)C. The Morgan fingerprint density at radius 1 is 1.10 bits per heavy atom. The van der Waals surface area contributed by atoms with Crippen LogP contribution in [0.15, 0.2) is 57.7 Å². The van der Waals surface area contributed by atoms with Crippen LogP contribution in [0.5, 0.6) is 5.75 Å². The largest absolute Gasteiger partial charge is 0.479 e. The van der Waals surface area contributed by atoms with E-state index in [0.29, 0.717) is 10.9 Å². The second kappa shape index (κ2) is 8.81. The molecule has 31 heavy (non-hydrogen) atoms. The summed E-state index contributed by atoms with van der Waals surface area (Å²) in [6.45, 7) is 6.87. The molecule has 0 saturated carbocycles. The topological polar surface area (TPSA) is 97.6 Å². The van der Waals surface area contributed by atoms with Gasteiger partial charge in [0.05, 0.1) is 5.02 Å². The fraction of sp³-hybridized carbons (Fsp3) is 0.261. The Kier molecular flexibility index (Phi) is 6.36. The maximum absolute atomic E-state index is 12.3. The van der Waals surface area contributed by atoms with Crippen LogP contribution in [0.25, 0.3) is 22.1 Å². The molecule has 1 heterocycles. The monoisotopic (exact) mass is 442 g/mol. The molecule has 0 aliphatic rings. The summed E-state index contributed by atoms with van der Waals surface area (Å²) >= 11 is 6.39. The summed E-state index contributed by atoms with van der Waals surface area (Å²) in [5.41, 5.74) is 0.755. The summed E-state index contributed by atoms with van der Waals surface area (Å²) in [5.74, 6) is -0.487. The molecule has 3 amide bonds. The van der Waals surface area contributed by atoms with Gasteiger partial charge in [-0.25, -0.2) is 9.59 Å². The predicted molar refractivity (Wildman–Crippen MR) is 119 cm³/mol. The molecular weight excluding hydrogens is 420 g/mol. The van der Waals surface area contributed by atoms with Crippen LogP contribution >= 0.6 is 11.6 Å². The average Bonchev–Trinajstić information content (AvgIpc) is 2.67. The minimum absolute atomic E-state index is 0.154. The van der Waals surface area contributed by atoms with Crippen LogP contribution < -0.4 is 21.0 Å². The molecule has 7 nitrogen and oxygen atoms in total. The fourth-order valence-corrected chi connectivity index (χ4v) is 3.15. The molecule has 0 bridgehead atoms. The van der Waals surface area contributed by atoms with Gasteiger partial charge >= 0.3 is 11.7 Å². The minimum Gasteiger partial charge on any atom is -0.479 e. The van der Waals surface area contributed by atoms with Gasteiger partial charge in [-0.05, 0) is 44.9 Å². The normalized spacial score (nSPS) is 12.3. The Labute approximate surface area is 184 Å². The smallest absolute Gasteiger partial charge is 0.336 e. The zero-order chi connectivity index (χ0) is 22.8. The summed E-state index contributed by atoms with van der Waals surface area (Å²) < 4.78 is 11.0. The van der Waals surface area contributed by atoms with Gasteiger partial charge in [-0.3, -0.25) is 10.1 Å². The van der Waals surface area contributed by atoms with Crippen molar-refractivity contribution in [2.24, 2.45) is 0 Å². The van der Waals surface area contributed by atoms with Gasteiger partial charge in [0.15, 0.2) is 6.10 Å². The van der Waals surface area contributed by atoms with E-state index in [1.165, 1.54) is 19.1 Å². The molecule has 0 aliphatic heterocycles. The van der Waals surface area contributed by atoms with E-state index in [1.54, 1.807) is 26.8 Å². The average molecular weight is 443 g/mol. The third-order valence-corrected chi connectivity index (χ3v) is 4.58. The van der Waals surface area contributed by atoms with Gasteiger partial charge in [-0.15, -0.1) is 0 Å². The van der Waals surface area contributed by atoms with Crippen molar-refractivity contribution in [2.45, 2.75) is 39.3 Å². The van der Waals surface area contributed by atoms with Crippen molar-refractivity contribution in [1.29, 1.82) is 0 Å². The van der Waals surface area contributed by atoms with Gasteiger partial charge in [-0.1, -0.05) is 41.9 Å². The first-order chi connectivity index (χ1) is 14.5. The maximum Gasteiger partial charge on any atom is 0.336 e. The summed E-state index contributed by atoms with van der Waals surface area (Å²) in [5, 5.41) is 5.72. The van der Waals surface area contributed by atoms with E-state index in [-0.39, 0.29) is 16.4 Å². The molecule has 1 unspecified atom stereocenters. The van der Waals surface area contributed by atoms with Crippen LogP contribution in [0, 0.1) is 0 Å². The predicted octanol–water partition coefficient (Wildman–Crippen LogP) is 4.51. The lowest BCUT2D eigenvalue weighted by Crippen LogP contribution is -2.50. The van der Waals surface area contributed by atoms with Crippen LogP contribution in [-0.2, 0) is 4.79 Å². The maximum atomic E-state index is 12.3. The Hall–Kier alpha value is -3.32. The van der Waals surface area contributed by atoms with E-state index in [2.05, 4.69) is 10.6 Å². The number of imide groups is 1. The quantitative estimate of drug-likeness (QED) is 0.579. The number of benzene rings is 2. The highest BCUT2D eigenvalue weighted by Gasteiger charge is 2.22. The number of carbonyl (C=O) groups excluding carboxylic acids is 2. The van der Waals surface area contributed by atoms with Crippen LogP contribution in [0.4, 0.5) is 4.79 Å². The third kappa shape index (κ3) is 5.64. The standard InChI is InChI=1S/C23H23ClN2O5/c1-13(21(28)25-22(29)26-23(2,3)4)30-19-12-18-16(10-17(19)24)15(11-20(27)31-18)14-8-6-5-7-9-14/h5-13H,1-4H3,(H2,25,26,28,29). The van der Waals surface area contributed by atoms with E-state index < -0.39 is 29.2 Å². The number of amides is 3. The van der Waals surface area contributed by atoms with E-state index in [4.69, 9.17) is 20.8 Å².